The minimum atomic E-state index is -0.798. The van der Waals surface area contributed by atoms with Crippen molar-refractivity contribution in [3.63, 3.8) is 0 Å². The Labute approximate surface area is 118 Å². The Balaban J connectivity index is 2.19. The molecule has 21 heavy (non-hydrogen) atoms. The van der Waals surface area contributed by atoms with Crippen molar-refractivity contribution in [2.24, 2.45) is 0 Å². The number of ether oxygens (including phenoxy) is 1. The zero-order valence-corrected chi connectivity index (χ0v) is 11.0. The van der Waals surface area contributed by atoms with Crippen molar-refractivity contribution < 1.29 is 19.2 Å². The van der Waals surface area contributed by atoms with Gasteiger partial charge in [-0.3, -0.25) is 20.3 Å². The molecule has 9 nitrogen and oxygen atoms in total. The van der Waals surface area contributed by atoms with E-state index in [1.165, 1.54) is 18.2 Å². The van der Waals surface area contributed by atoms with Crippen LogP contribution in [0, 0.1) is 10.1 Å². The molecule has 2 amide bonds. The summed E-state index contributed by atoms with van der Waals surface area (Å²) in [6.07, 6.45) is -0.798. The number of amides is 2. The normalized spacial score (nSPS) is 10.1. The van der Waals surface area contributed by atoms with Gasteiger partial charge < -0.3 is 9.72 Å². The molecule has 1 aromatic carbocycles. The number of hydrazine groups is 1. The molecule has 0 aliphatic heterocycles. The molecule has 0 unspecified atom stereocenters. The molecule has 0 aliphatic carbocycles. The summed E-state index contributed by atoms with van der Waals surface area (Å²) in [7, 11) is 0. The summed E-state index contributed by atoms with van der Waals surface area (Å²) in [6, 6.07) is 5.93. The highest BCUT2D eigenvalue weighted by atomic mass is 16.6. The minimum absolute atomic E-state index is 0.0797. The molecule has 0 saturated heterocycles. The van der Waals surface area contributed by atoms with Gasteiger partial charge in [0.05, 0.1) is 11.5 Å². The van der Waals surface area contributed by atoms with Crippen LogP contribution in [0.1, 0.15) is 17.4 Å². The van der Waals surface area contributed by atoms with Gasteiger partial charge in [0.2, 0.25) is 0 Å². The molecular weight excluding hydrogens is 280 g/mol. The summed E-state index contributed by atoms with van der Waals surface area (Å²) in [5.41, 5.74) is 4.36. The van der Waals surface area contributed by atoms with Crippen molar-refractivity contribution in [1.82, 2.24) is 15.8 Å². The zero-order valence-electron chi connectivity index (χ0n) is 11.0. The number of aromatic nitrogens is 1. The molecule has 1 aromatic heterocycles. The standard InChI is InChI=1S/C12H12N4O5/c1-2-21-12(18)15-14-11(17)8-6-7-4-3-5-9(16(19)20)10(7)13-8/h3-6,13H,2H2,1H3,(H,14,17)(H,15,18). The van der Waals surface area contributed by atoms with Crippen LogP contribution in [0.2, 0.25) is 0 Å². The molecule has 0 fully saturated rings. The van der Waals surface area contributed by atoms with E-state index in [1.807, 2.05) is 5.43 Å². The zero-order chi connectivity index (χ0) is 15.4. The number of nitro benzene ring substituents is 1. The molecule has 0 radical (unpaired) electrons. The van der Waals surface area contributed by atoms with E-state index < -0.39 is 16.9 Å². The van der Waals surface area contributed by atoms with E-state index >= 15 is 0 Å². The SMILES string of the molecule is CCOC(=O)NNC(=O)c1cc2cccc([N+](=O)[O-])c2[nH]1. The lowest BCUT2D eigenvalue weighted by Gasteiger charge is -2.05. The van der Waals surface area contributed by atoms with Gasteiger partial charge in [0.1, 0.15) is 11.2 Å². The fourth-order valence-corrected chi connectivity index (χ4v) is 1.76. The topological polar surface area (TPSA) is 126 Å². The van der Waals surface area contributed by atoms with Crippen LogP contribution in [0.4, 0.5) is 10.5 Å². The Kier molecular flexibility index (Phi) is 4.02. The number of carbonyl (C=O) groups excluding carboxylic acids is 2. The molecule has 0 saturated carbocycles. The first-order valence-corrected chi connectivity index (χ1v) is 6.02. The number of nitrogens with zero attached hydrogens (tertiary/aromatic N) is 1. The van der Waals surface area contributed by atoms with Crippen molar-refractivity contribution in [2.75, 3.05) is 6.61 Å². The van der Waals surface area contributed by atoms with Crippen LogP contribution in [0.5, 0.6) is 0 Å². The number of fused-ring (bicyclic) bond motifs is 1. The maximum absolute atomic E-state index is 11.8. The summed E-state index contributed by atoms with van der Waals surface area (Å²) in [5, 5.41) is 11.4. The molecule has 2 aromatic rings. The van der Waals surface area contributed by atoms with Gasteiger partial charge >= 0.3 is 6.09 Å². The summed E-state index contributed by atoms with van der Waals surface area (Å²) in [6.45, 7) is 1.79. The van der Waals surface area contributed by atoms with Crippen molar-refractivity contribution in [3.8, 4) is 0 Å². The van der Waals surface area contributed by atoms with Crippen molar-refractivity contribution in [2.45, 2.75) is 6.92 Å². The molecule has 110 valence electrons. The highest BCUT2D eigenvalue weighted by Crippen LogP contribution is 2.25. The molecule has 0 bridgehead atoms. The number of para-hydroxylation sites is 1. The van der Waals surface area contributed by atoms with Gasteiger partial charge in [0.25, 0.3) is 11.6 Å². The number of carbonyl (C=O) groups is 2. The largest absolute Gasteiger partial charge is 0.449 e. The van der Waals surface area contributed by atoms with E-state index in [0.29, 0.717) is 5.39 Å². The van der Waals surface area contributed by atoms with Crippen molar-refractivity contribution >= 4 is 28.6 Å². The van der Waals surface area contributed by atoms with Crippen molar-refractivity contribution in [1.29, 1.82) is 0 Å². The van der Waals surface area contributed by atoms with Gasteiger partial charge in [-0.2, -0.15) is 0 Å². The van der Waals surface area contributed by atoms with E-state index in [4.69, 9.17) is 0 Å². The van der Waals surface area contributed by atoms with Crippen LogP contribution in [0.3, 0.4) is 0 Å². The quantitative estimate of drug-likeness (QED) is 0.583. The first-order valence-electron chi connectivity index (χ1n) is 6.02. The Morgan fingerprint density at radius 2 is 2.14 bits per heavy atom. The summed E-state index contributed by atoms with van der Waals surface area (Å²) < 4.78 is 4.57. The van der Waals surface area contributed by atoms with Gasteiger partial charge in [-0.15, -0.1) is 0 Å². The number of hydrogen-bond donors (Lipinski definition) is 3. The second-order valence-electron chi connectivity index (χ2n) is 3.98. The smallest absolute Gasteiger partial charge is 0.426 e. The van der Waals surface area contributed by atoms with Gasteiger partial charge in [-0.1, -0.05) is 12.1 Å². The molecule has 9 heteroatoms. The fraction of sp³-hybridized carbons (Fsp3) is 0.167. The molecule has 2 rings (SSSR count). The van der Waals surface area contributed by atoms with E-state index in [-0.39, 0.29) is 23.5 Å². The van der Waals surface area contributed by atoms with Gasteiger partial charge in [0.15, 0.2) is 0 Å². The highest BCUT2D eigenvalue weighted by molar-refractivity contribution is 6.00. The second kappa shape index (κ2) is 5.90. The predicted octanol–water partition coefficient (Wildman–Crippen LogP) is 1.47. The fourth-order valence-electron chi connectivity index (χ4n) is 1.76. The number of rotatable bonds is 3. The average Bonchev–Trinajstić information content (AvgIpc) is 2.88. The number of hydrogen-bond acceptors (Lipinski definition) is 5. The number of aromatic amines is 1. The lowest BCUT2D eigenvalue weighted by atomic mass is 10.2. The van der Waals surface area contributed by atoms with Crippen LogP contribution in [-0.4, -0.2) is 28.5 Å². The minimum Gasteiger partial charge on any atom is -0.449 e. The lowest BCUT2D eigenvalue weighted by Crippen LogP contribution is -2.42. The number of H-pyrrole nitrogens is 1. The monoisotopic (exact) mass is 292 g/mol. The van der Waals surface area contributed by atoms with Gasteiger partial charge in [-0.25, -0.2) is 10.2 Å². The number of nitrogens with one attached hydrogen (secondary N) is 3. The van der Waals surface area contributed by atoms with Gasteiger partial charge in [-0.05, 0) is 13.0 Å². The summed E-state index contributed by atoms with van der Waals surface area (Å²) >= 11 is 0. The van der Waals surface area contributed by atoms with E-state index in [1.54, 1.807) is 13.0 Å². The molecule has 3 N–H and O–H groups in total. The number of nitro groups is 1. The number of benzene rings is 1. The first-order chi connectivity index (χ1) is 10.0. The molecule has 0 spiro atoms. The molecule has 0 aliphatic rings. The Morgan fingerprint density at radius 1 is 1.38 bits per heavy atom. The van der Waals surface area contributed by atoms with E-state index in [0.717, 1.165) is 0 Å². The maximum Gasteiger partial charge on any atom is 0.426 e. The molecule has 1 heterocycles. The Bertz CT molecular complexity index is 709. The highest BCUT2D eigenvalue weighted by Gasteiger charge is 2.17. The number of non-ortho nitro benzene ring substituents is 1. The summed E-state index contributed by atoms with van der Waals surface area (Å²) in [5.74, 6) is -0.645. The van der Waals surface area contributed by atoms with Crippen LogP contribution in [0.25, 0.3) is 10.9 Å². The van der Waals surface area contributed by atoms with Crippen LogP contribution in [-0.2, 0) is 4.74 Å². The molecule has 0 atom stereocenters. The van der Waals surface area contributed by atoms with Crippen LogP contribution in [0.15, 0.2) is 24.3 Å². The second-order valence-corrected chi connectivity index (χ2v) is 3.98. The van der Waals surface area contributed by atoms with Crippen LogP contribution < -0.4 is 10.9 Å². The van der Waals surface area contributed by atoms with Crippen molar-refractivity contribution in [3.05, 3.63) is 40.1 Å². The third-order valence-electron chi connectivity index (χ3n) is 2.63. The third-order valence-corrected chi connectivity index (χ3v) is 2.63. The van der Waals surface area contributed by atoms with Gasteiger partial charge in [0, 0.05) is 11.5 Å². The van der Waals surface area contributed by atoms with Crippen LogP contribution >= 0.6 is 0 Å². The lowest BCUT2D eigenvalue weighted by molar-refractivity contribution is -0.383. The van der Waals surface area contributed by atoms with E-state index in [2.05, 4.69) is 15.1 Å². The molecular formula is C12H12N4O5. The first kappa shape index (κ1) is 14.3. The predicted molar refractivity (Wildman–Crippen MR) is 72.6 cm³/mol. The Morgan fingerprint density at radius 3 is 2.81 bits per heavy atom. The van der Waals surface area contributed by atoms with E-state index in [9.17, 15) is 19.7 Å². The average molecular weight is 292 g/mol. The maximum atomic E-state index is 11.8. The summed E-state index contributed by atoms with van der Waals surface area (Å²) in [4.78, 5) is 35.9. The third kappa shape index (κ3) is 3.08. The Hall–Kier alpha value is -3.10.